The van der Waals surface area contributed by atoms with Crippen molar-refractivity contribution in [2.75, 3.05) is 19.5 Å². The van der Waals surface area contributed by atoms with Gasteiger partial charge in [0.2, 0.25) is 5.91 Å². The second kappa shape index (κ2) is 8.05. The fourth-order valence-corrected chi connectivity index (χ4v) is 2.99. The molecule has 3 aromatic rings. The van der Waals surface area contributed by atoms with Crippen LogP contribution >= 0.6 is 0 Å². The number of hydrogen-bond acceptors (Lipinski definition) is 5. The number of nitrogens with zero attached hydrogens (tertiary/aromatic N) is 1. The molecule has 3 N–H and O–H groups in total. The lowest BCUT2D eigenvalue weighted by Crippen LogP contribution is -2.33. The lowest BCUT2D eigenvalue weighted by Gasteiger charge is -2.19. The van der Waals surface area contributed by atoms with Gasteiger partial charge in [0.05, 0.1) is 31.6 Å². The number of aromatic nitrogens is 1. The molecule has 0 aliphatic rings. The zero-order valence-electron chi connectivity index (χ0n) is 15.7. The third kappa shape index (κ3) is 3.85. The van der Waals surface area contributed by atoms with E-state index in [0.717, 1.165) is 22.0 Å². The van der Waals surface area contributed by atoms with E-state index in [2.05, 4.69) is 10.3 Å². The van der Waals surface area contributed by atoms with Gasteiger partial charge in [0.25, 0.3) is 0 Å². The molecule has 0 bridgehead atoms. The van der Waals surface area contributed by atoms with Gasteiger partial charge in [0, 0.05) is 18.0 Å². The third-order valence-corrected chi connectivity index (χ3v) is 4.41. The molecule has 1 atom stereocenters. The number of ether oxygens (including phenoxy) is 2. The zero-order valence-corrected chi connectivity index (χ0v) is 15.7. The molecule has 0 spiro atoms. The average Bonchev–Trinajstić information content (AvgIpc) is 2.69. The SMILES string of the molecule is COc1ccc(Cc2nccc3ccccc23)c(NC(=O)C(C)N)c1OC. The van der Waals surface area contributed by atoms with Gasteiger partial charge in [-0.2, -0.15) is 0 Å². The van der Waals surface area contributed by atoms with Crippen molar-refractivity contribution in [2.24, 2.45) is 5.73 Å². The second-order valence-electron chi connectivity index (χ2n) is 6.27. The van der Waals surface area contributed by atoms with Gasteiger partial charge < -0.3 is 20.5 Å². The molecule has 0 saturated carbocycles. The maximum Gasteiger partial charge on any atom is 0.241 e. The molecule has 0 radical (unpaired) electrons. The summed E-state index contributed by atoms with van der Waals surface area (Å²) in [4.78, 5) is 16.8. The number of rotatable bonds is 6. The minimum absolute atomic E-state index is 0.298. The average molecular weight is 365 g/mol. The van der Waals surface area contributed by atoms with Crippen LogP contribution in [0.2, 0.25) is 0 Å². The summed E-state index contributed by atoms with van der Waals surface area (Å²) in [5.41, 5.74) is 8.06. The summed E-state index contributed by atoms with van der Waals surface area (Å²) in [6.45, 7) is 1.63. The maximum atomic E-state index is 12.2. The number of carbonyl (C=O) groups excluding carboxylic acids is 1. The molecule has 1 unspecified atom stereocenters. The molecular formula is C21H23N3O3. The molecule has 2 aromatic carbocycles. The topological polar surface area (TPSA) is 86.5 Å². The van der Waals surface area contributed by atoms with Crippen LogP contribution < -0.4 is 20.5 Å². The molecule has 3 rings (SSSR count). The summed E-state index contributed by atoms with van der Waals surface area (Å²) in [6.07, 6.45) is 2.31. The number of benzene rings is 2. The number of amides is 1. The third-order valence-electron chi connectivity index (χ3n) is 4.41. The first kappa shape index (κ1) is 18.7. The van der Waals surface area contributed by atoms with Crippen molar-refractivity contribution < 1.29 is 14.3 Å². The van der Waals surface area contributed by atoms with Crippen LogP contribution in [-0.2, 0) is 11.2 Å². The molecule has 6 nitrogen and oxygen atoms in total. The second-order valence-corrected chi connectivity index (χ2v) is 6.27. The number of fused-ring (bicyclic) bond motifs is 1. The highest BCUT2D eigenvalue weighted by molar-refractivity contribution is 5.97. The maximum absolute atomic E-state index is 12.2. The van der Waals surface area contributed by atoms with Crippen LogP contribution in [0.1, 0.15) is 18.2 Å². The zero-order chi connectivity index (χ0) is 19.4. The first-order chi connectivity index (χ1) is 13.0. The van der Waals surface area contributed by atoms with Gasteiger partial charge in [0.1, 0.15) is 0 Å². The molecule has 0 fully saturated rings. The lowest BCUT2D eigenvalue weighted by atomic mass is 10.0. The van der Waals surface area contributed by atoms with Crippen LogP contribution in [0.3, 0.4) is 0 Å². The van der Waals surface area contributed by atoms with Gasteiger partial charge in [-0.3, -0.25) is 9.78 Å². The van der Waals surface area contributed by atoms with Crippen molar-refractivity contribution in [3.63, 3.8) is 0 Å². The number of pyridine rings is 1. The number of methoxy groups -OCH3 is 2. The Bertz CT molecular complexity index is 965. The summed E-state index contributed by atoms with van der Waals surface area (Å²) in [6, 6.07) is 13.1. The Kier molecular flexibility index (Phi) is 5.57. The van der Waals surface area contributed by atoms with E-state index in [1.165, 1.54) is 0 Å². The molecule has 1 heterocycles. The molecule has 0 aliphatic carbocycles. The minimum atomic E-state index is -0.649. The van der Waals surface area contributed by atoms with Gasteiger partial charge >= 0.3 is 0 Å². The number of nitrogens with two attached hydrogens (primary N) is 1. The van der Waals surface area contributed by atoms with Crippen molar-refractivity contribution in [2.45, 2.75) is 19.4 Å². The Balaban J connectivity index is 2.09. The number of carbonyl (C=O) groups is 1. The van der Waals surface area contributed by atoms with Crippen LogP contribution in [0.4, 0.5) is 5.69 Å². The molecule has 6 heteroatoms. The fourth-order valence-electron chi connectivity index (χ4n) is 2.99. The summed E-state index contributed by atoms with van der Waals surface area (Å²) >= 11 is 0. The Hall–Kier alpha value is -3.12. The van der Waals surface area contributed by atoms with Crippen molar-refractivity contribution in [3.8, 4) is 11.5 Å². The van der Waals surface area contributed by atoms with Crippen LogP contribution in [0.5, 0.6) is 11.5 Å². The van der Waals surface area contributed by atoms with Crippen LogP contribution in [0, 0.1) is 0 Å². The van der Waals surface area contributed by atoms with Crippen LogP contribution in [0.25, 0.3) is 10.8 Å². The highest BCUT2D eigenvalue weighted by Gasteiger charge is 2.19. The Morgan fingerprint density at radius 3 is 2.63 bits per heavy atom. The van der Waals surface area contributed by atoms with Crippen molar-refractivity contribution in [1.29, 1.82) is 0 Å². The number of anilines is 1. The molecule has 1 aromatic heterocycles. The predicted molar refractivity (Wildman–Crippen MR) is 106 cm³/mol. The number of hydrogen-bond donors (Lipinski definition) is 2. The Morgan fingerprint density at radius 1 is 1.15 bits per heavy atom. The molecule has 27 heavy (non-hydrogen) atoms. The fraction of sp³-hybridized carbons (Fsp3) is 0.238. The van der Waals surface area contributed by atoms with E-state index in [-0.39, 0.29) is 5.91 Å². The molecule has 1 amide bonds. The van der Waals surface area contributed by atoms with Crippen LogP contribution in [-0.4, -0.2) is 31.2 Å². The predicted octanol–water partition coefficient (Wildman–Crippen LogP) is 3.13. The molecule has 0 saturated heterocycles. The monoisotopic (exact) mass is 365 g/mol. The first-order valence-corrected chi connectivity index (χ1v) is 8.68. The normalized spacial score (nSPS) is 11.9. The van der Waals surface area contributed by atoms with E-state index in [9.17, 15) is 4.79 Å². The minimum Gasteiger partial charge on any atom is -0.493 e. The molecule has 140 valence electrons. The Labute approximate surface area is 158 Å². The van der Waals surface area contributed by atoms with Gasteiger partial charge in [-0.15, -0.1) is 0 Å². The summed E-state index contributed by atoms with van der Waals surface area (Å²) < 4.78 is 10.9. The lowest BCUT2D eigenvalue weighted by molar-refractivity contribution is -0.117. The van der Waals surface area contributed by atoms with E-state index in [1.54, 1.807) is 27.3 Å². The van der Waals surface area contributed by atoms with Crippen molar-refractivity contribution in [3.05, 3.63) is 59.9 Å². The van der Waals surface area contributed by atoms with E-state index in [0.29, 0.717) is 23.6 Å². The molecule has 0 aliphatic heterocycles. The quantitative estimate of drug-likeness (QED) is 0.701. The summed E-state index contributed by atoms with van der Waals surface area (Å²) in [7, 11) is 3.10. The van der Waals surface area contributed by atoms with Gasteiger partial charge in [-0.05, 0) is 30.0 Å². The van der Waals surface area contributed by atoms with Crippen LogP contribution in [0.15, 0.2) is 48.7 Å². The van der Waals surface area contributed by atoms with Crippen molar-refractivity contribution >= 4 is 22.4 Å². The highest BCUT2D eigenvalue weighted by atomic mass is 16.5. The van der Waals surface area contributed by atoms with Gasteiger partial charge in [-0.1, -0.05) is 30.3 Å². The largest absolute Gasteiger partial charge is 0.493 e. The van der Waals surface area contributed by atoms with E-state index in [4.69, 9.17) is 15.2 Å². The van der Waals surface area contributed by atoms with Gasteiger partial charge in [-0.25, -0.2) is 0 Å². The number of nitrogens with one attached hydrogen (secondary N) is 1. The van der Waals surface area contributed by atoms with E-state index >= 15 is 0 Å². The van der Waals surface area contributed by atoms with E-state index < -0.39 is 6.04 Å². The summed E-state index contributed by atoms with van der Waals surface area (Å²) in [5.74, 6) is 0.699. The van der Waals surface area contributed by atoms with Crippen molar-refractivity contribution in [1.82, 2.24) is 4.98 Å². The standard InChI is InChI=1S/C21H23N3O3/c1-13(22)21(25)24-19-15(8-9-18(26-2)20(19)27-3)12-17-16-7-5-4-6-14(16)10-11-23-17/h4-11,13H,12,22H2,1-3H3,(H,24,25). The Morgan fingerprint density at radius 2 is 1.93 bits per heavy atom. The first-order valence-electron chi connectivity index (χ1n) is 8.68. The summed E-state index contributed by atoms with van der Waals surface area (Å²) in [5, 5.41) is 5.06. The smallest absolute Gasteiger partial charge is 0.241 e. The highest BCUT2D eigenvalue weighted by Crippen LogP contribution is 2.39. The van der Waals surface area contributed by atoms with Gasteiger partial charge in [0.15, 0.2) is 11.5 Å². The molecular weight excluding hydrogens is 342 g/mol. The van der Waals surface area contributed by atoms with E-state index in [1.807, 2.05) is 42.5 Å².